The van der Waals surface area contributed by atoms with E-state index in [1.807, 2.05) is 11.8 Å². The van der Waals surface area contributed by atoms with E-state index in [1.165, 1.54) is 6.92 Å². The number of likely N-dealkylation sites (N-methyl/N-ethyl adjacent to an activating group) is 1. The fourth-order valence-electron chi connectivity index (χ4n) is 2.17. The quantitative estimate of drug-likeness (QED) is 0.783. The minimum Gasteiger partial charge on any atom is -0.496 e. The van der Waals surface area contributed by atoms with E-state index in [1.54, 1.807) is 39.2 Å². The molecule has 0 fully saturated rings. The molecule has 0 aliphatic heterocycles. The van der Waals surface area contributed by atoms with Crippen LogP contribution >= 0.6 is 0 Å². The average molecular weight is 293 g/mol. The number of methoxy groups -OCH3 is 1. The van der Waals surface area contributed by atoms with Crippen LogP contribution in [0.25, 0.3) is 0 Å². The molecule has 0 heterocycles. The van der Waals surface area contributed by atoms with Gasteiger partial charge in [0.25, 0.3) is 0 Å². The highest BCUT2D eigenvalue weighted by Crippen LogP contribution is 2.25. The van der Waals surface area contributed by atoms with Gasteiger partial charge in [-0.3, -0.25) is 14.5 Å². The van der Waals surface area contributed by atoms with E-state index >= 15 is 0 Å². The Labute approximate surface area is 125 Å². The number of hydrogen-bond acceptors (Lipinski definition) is 4. The third-order valence-corrected chi connectivity index (χ3v) is 3.74. The molecule has 0 unspecified atom stereocenters. The van der Waals surface area contributed by atoms with Gasteiger partial charge in [0.05, 0.1) is 7.11 Å². The Balaban J connectivity index is 3.17. The number of aliphatic carboxylic acids is 1. The molecule has 1 aromatic rings. The SMILES string of the molecule is CCN(Cc1cc(C(C)=O)ccc1OC)C(C)(C)C(=O)O. The van der Waals surface area contributed by atoms with Gasteiger partial charge in [0.15, 0.2) is 5.78 Å². The molecule has 0 atom stereocenters. The van der Waals surface area contributed by atoms with Gasteiger partial charge in [0.2, 0.25) is 0 Å². The van der Waals surface area contributed by atoms with Crippen molar-refractivity contribution in [1.29, 1.82) is 0 Å². The molecule has 0 saturated heterocycles. The molecular weight excluding hydrogens is 270 g/mol. The van der Waals surface area contributed by atoms with Gasteiger partial charge in [-0.05, 0) is 45.5 Å². The van der Waals surface area contributed by atoms with Crippen molar-refractivity contribution in [2.24, 2.45) is 0 Å². The first-order valence-corrected chi connectivity index (χ1v) is 6.90. The molecule has 0 amide bonds. The van der Waals surface area contributed by atoms with E-state index in [9.17, 15) is 14.7 Å². The fourth-order valence-corrected chi connectivity index (χ4v) is 2.17. The summed E-state index contributed by atoms with van der Waals surface area (Å²) in [5.41, 5.74) is 0.405. The Morgan fingerprint density at radius 1 is 1.33 bits per heavy atom. The highest BCUT2D eigenvalue weighted by atomic mass is 16.5. The topological polar surface area (TPSA) is 66.8 Å². The molecule has 1 aromatic carbocycles. The minimum atomic E-state index is -0.994. The molecule has 5 nitrogen and oxygen atoms in total. The second-order valence-electron chi connectivity index (χ2n) is 5.46. The summed E-state index contributed by atoms with van der Waals surface area (Å²) < 4.78 is 5.31. The third-order valence-electron chi connectivity index (χ3n) is 3.74. The number of carbonyl (C=O) groups is 2. The monoisotopic (exact) mass is 293 g/mol. The van der Waals surface area contributed by atoms with Gasteiger partial charge >= 0.3 is 5.97 Å². The fraction of sp³-hybridized carbons (Fsp3) is 0.500. The first-order chi connectivity index (χ1) is 9.73. The second-order valence-corrected chi connectivity index (χ2v) is 5.46. The number of Topliss-reactive ketones (excluding diaryl/α,β-unsaturated/α-hetero) is 1. The van der Waals surface area contributed by atoms with Gasteiger partial charge in [-0.2, -0.15) is 0 Å². The van der Waals surface area contributed by atoms with E-state index in [0.29, 0.717) is 24.4 Å². The Kier molecular flexibility index (Phi) is 5.49. The van der Waals surface area contributed by atoms with E-state index in [4.69, 9.17) is 4.74 Å². The normalized spacial score (nSPS) is 11.5. The number of benzene rings is 1. The van der Waals surface area contributed by atoms with E-state index < -0.39 is 11.5 Å². The van der Waals surface area contributed by atoms with Gasteiger partial charge in [0, 0.05) is 17.7 Å². The summed E-state index contributed by atoms with van der Waals surface area (Å²) >= 11 is 0. The maximum atomic E-state index is 11.5. The zero-order chi connectivity index (χ0) is 16.2. The van der Waals surface area contributed by atoms with Crippen LogP contribution in [0.5, 0.6) is 5.75 Å². The number of nitrogens with zero attached hydrogens (tertiary/aromatic N) is 1. The molecule has 0 radical (unpaired) electrons. The molecule has 1 N–H and O–H groups in total. The van der Waals surface area contributed by atoms with Crippen molar-refractivity contribution >= 4 is 11.8 Å². The summed E-state index contributed by atoms with van der Waals surface area (Å²) in [5.74, 6) is -0.259. The second kappa shape index (κ2) is 6.72. The van der Waals surface area contributed by atoms with Gasteiger partial charge in [-0.1, -0.05) is 6.92 Å². The number of carboxylic acid groups (broad SMARTS) is 1. The molecule has 5 heteroatoms. The molecule has 0 bridgehead atoms. The predicted molar refractivity (Wildman–Crippen MR) is 80.8 cm³/mol. The first-order valence-electron chi connectivity index (χ1n) is 6.90. The summed E-state index contributed by atoms with van der Waals surface area (Å²) in [6, 6.07) is 5.22. The molecule has 116 valence electrons. The van der Waals surface area contributed by atoms with Gasteiger partial charge < -0.3 is 9.84 Å². The molecule has 0 spiro atoms. The van der Waals surface area contributed by atoms with Crippen LogP contribution in [0.3, 0.4) is 0 Å². The number of carboxylic acids is 1. The van der Waals surface area contributed by atoms with Gasteiger partial charge in [-0.25, -0.2) is 0 Å². The zero-order valence-electron chi connectivity index (χ0n) is 13.3. The van der Waals surface area contributed by atoms with Crippen LogP contribution < -0.4 is 4.74 Å². The van der Waals surface area contributed by atoms with E-state index in [-0.39, 0.29) is 5.78 Å². The van der Waals surface area contributed by atoms with Crippen molar-refractivity contribution in [1.82, 2.24) is 4.90 Å². The summed E-state index contributed by atoms with van der Waals surface area (Å²) in [6.45, 7) is 7.73. The van der Waals surface area contributed by atoms with Gasteiger partial charge in [-0.15, -0.1) is 0 Å². The Morgan fingerprint density at radius 3 is 2.38 bits per heavy atom. The minimum absolute atomic E-state index is 0.0283. The molecule has 0 aromatic heterocycles. The molecule has 21 heavy (non-hydrogen) atoms. The number of ketones is 1. The predicted octanol–water partition coefficient (Wildman–Crippen LogP) is 2.58. The number of rotatable bonds is 7. The molecule has 1 rings (SSSR count). The van der Waals surface area contributed by atoms with Crippen LogP contribution in [-0.4, -0.2) is 41.0 Å². The lowest BCUT2D eigenvalue weighted by Crippen LogP contribution is -2.49. The summed E-state index contributed by atoms with van der Waals surface area (Å²) in [7, 11) is 1.56. The molecule has 0 aliphatic carbocycles. The largest absolute Gasteiger partial charge is 0.496 e. The first kappa shape index (κ1) is 17.2. The van der Waals surface area contributed by atoms with Crippen molar-refractivity contribution in [2.45, 2.75) is 39.8 Å². The van der Waals surface area contributed by atoms with Crippen molar-refractivity contribution in [3.63, 3.8) is 0 Å². The average Bonchev–Trinajstić information content (AvgIpc) is 2.43. The summed E-state index contributed by atoms with van der Waals surface area (Å²) in [6.07, 6.45) is 0. The number of ether oxygens (including phenoxy) is 1. The maximum absolute atomic E-state index is 11.5. The number of carbonyl (C=O) groups excluding carboxylic acids is 1. The molecule has 0 aliphatic rings. The smallest absolute Gasteiger partial charge is 0.323 e. The summed E-state index contributed by atoms with van der Waals surface area (Å²) in [5, 5.41) is 9.36. The van der Waals surface area contributed by atoms with Crippen LogP contribution in [0, 0.1) is 0 Å². The van der Waals surface area contributed by atoms with E-state index in [0.717, 1.165) is 5.56 Å². The Hall–Kier alpha value is -1.88. The maximum Gasteiger partial charge on any atom is 0.323 e. The van der Waals surface area contributed by atoms with Crippen LogP contribution in [-0.2, 0) is 11.3 Å². The highest BCUT2D eigenvalue weighted by Gasteiger charge is 2.34. The van der Waals surface area contributed by atoms with Crippen LogP contribution in [0.4, 0.5) is 0 Å². The van der Waals surface area contributed by atoms with Gasteiger partial charge in [0.1, 0.15) is 11.3 Å². The Bertz CT molecular complexity index is 537. The lowest BCUT2D eigenvalue weighted by molar-refractivity contribution is -0.149. The van der Waals surface area contributed by atoms with Crippen LogP contribution in [0.2, 0.25) is 0 Å². The van der Waals surface area contributed by atoms with Crippen molar-refractivity contribution in [3.8, 4) is 5.75 Å². The van der Waals surface area contributed by atoms with Crippen LogP contribution in [0.15, 0.2) is 18.2 Å². The standard InChI is InChI=1S/C16H23NO4/c1-6-17(16(3,4)15(19)20)10-13-9-12(11(2)18)7-8-14(13)21-5/h7-9H,6,10H2,1-5H3,(H,19,20). The summed E-state index contributed by atoms with van der Waals surface area (Å²) in [4.78, 5) is 24.8. The van der Waals surface area contributed by atoms with Crippen molar-refractivity contribution < 1.29 is 19.4 Å². The Morgan fingerprint density at radius 2 is 1.95 bits per heavy atom. The lowest BCUT2D eigenvalue weighted by atomic mass is 10.0. The third kappa shape index (κ3) is 3.82. The lowest BCUT2D eigenvalue weighted by Gasteiger charge is -2.34. The highest BCUT2D eigenvalue weighted by molar-refractivity contribution is 5.94. The molecule has 0 saturated carbocycles. The van der Waals surface area contributed by atoms with Crippen molar-refractivity contribution in [2.75, 3.05) is 13.7 Å². The number of hydrogen-bond donors (Lipinski definition) is 1. The zero-order valence-corrected chi connectivity index (χ0v) is 13.3. The van der Waals surface area contributed by atoms with Crippen LogP contribution in [0.1, 0.15) is 43.6 Å². The van der Waals surface area contributed by atoms with E-state index in [2.05, 4.69) is 0 Å². The molecular formula is C16H23NO4. The van der Waals surface area contributed by atoms with Crippen molar-refractivity contribution in [3.05, 3.63) is 29.3 Å².